The molecule has 0 aliphatic heterocycles. The molecule has 4 aliphatic rings. The van der Waals surface area contributed by atoms with Crippen LogP contribution in [0.5, 0.6) is 0 Å². The van der Waals surface area contributed by atoms with Crippen LogP contribution in [0, 0.1) is 46.3 Å². The number of allylic oxidation sites excluding steroid dienone is 1. The highest BCUT2D eigenvalue weighted by molar-refractivity contribution is 5.74. The number of amides is 1. The molecule has 0 aromatic heterocycles. The lowest BCUT2D eigenvalue weighted by Gasteiger charge is -2.58. The molecule has 0 aromatic rings. The number of nitrogens with one attached hydrogen (secondary N) is 1. The number of unbranched alkanes of at least 4 members (excludes halogenated alkanes) is 1. The van der Waals surface area contributed by atoms with E-state index in [2.05, 4.69) is 46.0 Å². The maximum Gasteiger partial charge on any atom is 0.407 e. The summed E-state index contributed by atoms with van der Waals surface area (Å²) in [5.74, 6) is -1.74. The summed E-state index contributed by atoms with van der Waals surface area (Å²) >= 11 is 0. The Hall–Kier alpha value is -3.76. The first-order chi connectivity index (χ1) is 29.2. The number of fused-ring (bicyclic) bond motifs is 5. The average molecular weight is 877 g/mol. The minimum atomic E-state index is -1.26. The van der Waals surface area contributed by atoms with Crippen LogP contribution in [0.1, 0.15) is 125 Å². The lowest BCUT2D eigenvalue weighted by Crippen LogP contribution is -2.51. The van der Waals surface area contributed by atoms with E-state index in [0.717, 1.165) is 65.1 Å². The lowest BCUT2D eigenvalue weighted by molar-refractivity contribution is -0.146. The van der Waals surface area contributed by atoms with Crippen molar-refractivity contribution in [2.45, 2.75) is 137 Å². The monoisotopic (exact) mass is 877 g/mol. The molecule has 352 valence electrons. The van der Waals surface area contributed by atoms with Crippen LogP contribution in [0.15, 0.2) is 11.6 Å². The first-order valence-electron chi connectivity index (χ1n) is 23.2. The first kappa shape index (κ1) is 50.9. The number of nitrogens with zero attached hydrogens (tertiary/aromatic N) is 3. The first-order valence-corrected chi connectivity index (χ1v) is 23.2. The average Bonchev–Trinajstić information content (AvgIpc) is 3.52. The Morgan fingerprint density at radius 1 is 0.726 bits per heavy atom. The number of carbonyl (C=O) groups is 6. The second-order valence-electron chi connectivity index (χ2n) is 19.9. The number of hydrogen-bond acceptors (Lipinski definition) is 10. The number of aliphatic carboxylic acids is 5. The molecule has 6 N–H and O–H groups in total. The van der Waals surface area contributed by atoms with E-state index in [1.54, 1.807) is 0 Å². The predicted molar refractivity (Wildman–Crippen MR) is 232 cm³/mol. The third kappa shape index (κ3) is 14.1. The molecule has 0 spiro atoms. The van der Waals surface area contributed by atoms with E-state index in [-0.39, 0.29) is 50.7 Å². The molecule has 4 rings (SSSR count). The molecular weight excluding hydrogens is 801 g/mol. The Morgan fingerprint density at radius 3 is 1.87 bits per heavy atom. The molecule has 1 amide bonds. The van der Waals surface area contributed by atoms with E-state index in [4.69, 9.17) is 4.74 Å². The van der Waals surface area contributed by atoms with Gasteiger partial charge in [0.15, 0.2) is 0 Å². The minimum Gasteiger partial charge on any atom is -0.480 e. The summed E-state index contributed by atoms with van der Waals surface area (Å²) in [5.41, 5.74) is 2.00. The summed E-state index contributed by atoms with van der Waals surface area (Å²) in [7, 11) is 0. The van der Waals surface area contributed by atoms with Crippen LogP contribution in [0.25, 0.3) is 0 Å². The number of carboxylic acid groups (broad SMARTS) is 5. The van der Waals surface area contributed by atoms with Crippen molar-refractivity contribution in [3.05, 3.63) is 11.6 Å². The molecule has 4 aliphatic carbocycles. The van der Waals surface area contributed by atoms with Gasteiger partial charge < -0.3 is 35.6 Å². The van der Waals surface area contributed by atoms with Gasteiger partial charge in [0.1, 0.15) is 12.1 Å². The molecular formula is C46H76N4O12. The van der Waals surface area contributed by atoms with Crippen molar-refractivity contribution in [1.82, 2.24) is 20.0 Å². The van der Waals surface area contributed by atoms with Crippen LogP contribution in [0.3, 0.4) is 0 Å². The number of hydrogen-bond donors (Lipinski definition) is 6. The molecule has 62 heavy (non-hydrogen) atoms. The van der Waals surface area contributed by atoms with Gasteiger partial charge in [0.05, 0.1) is 26.2 Å². The number of carbonyl (C=O) groups excluding carboxylic acids is 1. The number of alkyl carbamates (subject to hydrolysis) is 1. The summed E-state index contributed by atoms with van der Waals surface area (Å²) in [4.78, 5) is 74.8. The van der Waals surface area contributed by atoms with E-state index in [1.807, 2.05) is 0 Å². The van der Waals surface area contributed by atoms with Crippen LogP contribution in [-0.4, -0.2) is 147 Å². The van der Waals surface area contributed by atoms with Crippen LogP contribution in [0.4, 0.5) is 4.79 Å². The van der Waals surface area contributed by atoms with Gasteiger partial charge in [-0.3, -0.25) is 38.7 Å². The maximum atomic E-state index is 13.0. The normalized spacial score (nSPS) is 27.8. The molecule has 16 nitrogen and oxygen atoms in total. The van der Waals surface area contributed by atoms with Gasteiger partial charge in [0.2, 0.25) is 0 Å². The third-order valence-electron chi connectivity index (χ3n) is 15.3. The van der Waals surface area contributed by atoms with Gasteiger partial charge in [-0.2, -0.15) is 0 Å². The van der Waals surface area contributed by atoms with Gasteiger partial charge in [-0.05, 0) is 111 Å². The van der Waals surface area contributed by atoms with Crippen LogP contribution in [0.2, 0.25) is 0 Å². The molecule has 0 heterocycles. The standard InChI is InChI=1S/C46H76N4O12/c1-30(2)9-8-10-31(3)35-14-15-36-34-13-12-32-25-33(16-18-45(32,4)37(34)17-19-46(35,36)5)62-44(61)47-20-7-6-11-38(43(59)60)50(23-21-48(26-39(51)52)27-40(53)54)24-22-49(28-41(55)56)29-42(57)58/h12,30-31,33-38H,6-11,13-29H2,1-5H3,(H,47,61)(H,51,52)(H,53,54)(H,55,56)(H,57,58)(H,59,60). The Morgan fingerprint density at radius 2 is 1.32 bits per heavy atom. The topological polar surface area (TPSA) is 235 Å². The number of carboxylic acids is 5. The minimum absolute atomic E-state index is 0.0766. The molecule has 0 saturated heterocycles. The van der Waals surface area contributed by atoms with Gasteiger partial charge in [-0.25, -0.2) is 4.79 Å². The van der Waals surface area contributed by atoms with Crippen LogP contribution in [-0.2, 0) is 28.7 Å². The molecule has 3 fully saturated rings. The Bertz CT molecular complexity index is 1520. The molecule has 3 saturated carbocycles. The van der Waals surface area contributed by atoms with Crippen molar-refractivity contribution in [3.63, 3.8) is 0 Å². The van der Waals surface area contributed by atoms with Gasteiger partial charge in [0, 0.05) is 39.1 Å². The molecule has 16 heteroatoms. The highest BCUT2D eigenvalue weighted by Gasteiger charge is 2.59. The maximum absolute atomic E-state index is 13.0. The van der Waals surface area contributed by atoms with Gasteiger partial charge in [-0.1, -0.05) is 65.5 Å². The van der Waals surface area contributed by atoms with E-state index < -0.39 is 68.2 Å². The number of rotatable bonds is 27. The zero-order valence-corrected chi connectivity index (χ0v) is 37.9. The van der Waals surface area contributed by atoms with Crippen molar-refractivity contribution < 1.29 is 59.0 Å². The fourth-order valence-corrected chi connectivity index (χ4v) is 12.2. The zero-order valence-electron chi connectivity index (χ0n) is 37.9. The summed E-state index contributed by atoms with van der Waals surface area (Å²) in [6, 6.07) is -1.13. The summed E-state index contributed by atoms with van der Waals surface area (Å²) in [5, 5.41) is 50.1. The van der Waals surface area contributed by atoms with E-state index >= 15 is 0 Å². The van der Waals surface area contributed by atoms with Crippen molar-refractivity contribution in [1.29, 1.82) is 0 Å². The smallest absolute Gasteiger partial charge is 0.407 e. The molecule has 0 aromatic carbocycles. The van der Waals surface area contributed by atoms with E-state index in [0.29, 0.717) is 24.2 Å². The Kier molecular flexibility index (Phi) is 19.1. The fourth-order valence-electron chi connectivity index (χ4n) is 12.2. The molecule has 0 radical (unpaired) electrons. The van der Waals surface area contributed by atoms with E-state index in [9.17, 15) is 54.3 Å². The molecule has 0 bridgehead atoms. The molecule has 9 unspecified atom stereocenters. The Labute approximate surface area is 367 Å². The van der Waals surface area contributed by atoms with Gasteiger partial charge >= 0.3 is 35.9 Å². The fraction of sp³-hybridized carbons (Fsp3) is 0.826. The summed E-state index contributed by atoms with van der Waals surface area (Å²) < 4.78 is 5.95. The number of ether oxygens (including phenoxy) is 1. The van der Waals surface area contributed by atoms with Gasteiger partial charge in [0.25, 0.3) is 0 Å². The van der Waals surface area contributed by atoms with Crippen molar-refractivity contribution in [3.8, 4) is 0 Å². The van der Waals surface area contributed by atoms with Crippen LogP contribution >= 0.6 is 0 Å². The Balaban J connectivity index is 1.28. The lowest BCUT2D eigenvalue weighted by atomic mass is 9.47. The van der Waals surface area contributed by atoms with Crippen molar-refractivity contribution >= 4 is 35.9 Å². The van der Waals surface area contributed by atoms with E-state index in [1.165, 1.54) is 55.4 Å². The highest BCUT2D eigenvalue weighted by Crippen LogP contribution is 2.67. The zero-order chi connectivity index (χ0) is 45.8. The van der Waals surface area contributed by atoms with Gasteiger partial charge in [-0.15, -0.1) is 0 Å². The largest absolute Gasteiger partial charge is 0.480 e. The van der Waals surface area contributed by atoms with Crippen molar-refractivity contribution in [2.75, 3.05) is 58.9 Å². The van der Waals surface area contributed by atoms with Crippen LogP contribution < -0.4 is 5.32 Å². The second kappa shape index (κ2) is 23.3. The second-order valence-corrected chi connectivity index (χ2v) is 19.9. The SMILES string of the molecule is CC(C)CCCC(C)C1CCC2C3CC=C4CC(OC(=O)NCCCCC(C(=O)O)N(CCN(CC(=O)O)CC(=O)O)CCN(CC(=O)O)CC(=O)O)CCC4(C)C3CCC12C. The highest BCUT2D eigenvalue weighted by atomic mass is 16.6. The quantitative estimate of drug-likeness (QED) is 0.0411. The third-order valence-corrected chi connectivity index (χ3v) is 15.3. The van der Waals surface area contributed by atoms with Crippen molar-refractivity contribution in [2.24, 2.45) is 46.3 Å². The predicted octanol–water partition coefficient (Wildman–Crippen LogP) is 5.99. The summed E-state index contributed by atoms with van der Waals surface area (Å²) in [6.45, 7) is 9.71. The summed E-state index contributed by atoms with van der Waals surface area (Å²) in [6.07, 6.45) is 15.6. The molecule has 9 atom stereocenters.